The van der Waals surface area contributed by atoms with E-state index in [2.05, 4.69) is 15.4 Å². The van der Waals surface area contributed by atoms with E-state index in [1.54, 1.807) is 41.1 Å². The lowest BCUT2D eigenvalue weighted by Crippen LogP contribution is -2.14. The van der Waals surface area contributed by atoms with E-state index in [0.29, 0.717) is 21.6 Å². The summed E-state index contributed by atoms with van der Waals surface area (Å²) in [5.41, 5.74) is 3.29. The van der Waals surface area contributed by atoms with Crippen molar-refractivity contribution in [1.29, 1.82) is 0 Å². The van der Waals surface area contributed by atoms with E-state index in [9.17, 15) is 4.79 Å². The molecule has 1 aromatic heterocycles. The number of carbonyl (C=O) groups is 1. The first kappa shape index (κ1) is 19.2. The van der Waals surface area contributed by atoms with Gasteiger partial charge in [0.05, 0.1) is 5.69 Å². The molecule has 1 amide bonds. The van der Waals surface area contributed by atoms with Gasteiger partial charge in [0.1, 0.15) is 0 Å². The maximum Gasteiger partial charge on any atom is 0.295 e. The SMILES string of the molecule is Cc1ccc(-n2nc(C(=O)Nc3ccc(Cl)cc3)nc2-c2cccc(Cl)c2)cc1. The van der Waals surface area contributed by atoms with E-state index in [1.165, 1.54) is 0 Å². The second-order valence-corrected chi connectivity index (χ2v) is 7.35. The number of aryl methyl sites for hydroxylation is 1. The van der Waals surface area contributed by atoms with E-state index in [1.807, 2.05) is 43.3 Å². The normalized spacial score (nSPS) is 10.7. The third-order valence-electron chi connectivity index (χ3n) is 4.27. The maximum atomic E-state index is 12.7. The highest BCUT2D eigenvalue weighted by molar-refractivity contribution is 6.31. The third-order valence-corrected chi connectivity index (χ3v) is 4.76. The van der Waals surface area contributed by atoms with Crippen molar-refractivity contribution < 1.29 is 4.79 Å². The molecule has 0 spiro atoms. The molecular weight excluding hydrogens is 407 g/mol. The van der Waals surface area contributed by atoms with Crippen molar-refractivity contribution in [3.05, 3.63) is 94.2 Å². The Morgan fingerprint density at radius 1 is 0.931 bits per heavy atom. The van der Waals surface area contributed by atoms with Gasteiger partial charge < -0.3 is 5.32 Å². The second kappa shape index (κ2) is 8.07. The minimum absolute atomic E-state index is 0.0514. The van der Waals surface area contributed by atoms with Gasteiger partial charge in [0.2, 0.25) is 5.82 Å². The fraction of sp³-hybridized carbons (Fsp3) is 0.0455. The molecule has 0 unspecified atom stereocenters. The Morgan fingerprint density at radius 3 is 2.34 bits per heavy atom. The minimum Gasteiger partial charge on any atom is -0.319 e. The van der Waals surface area contributed by atoms with Gasteiger partial charge in [-0.2, -0.15) is 0 Å². The Morgan fingerprint density at radius 2 is 1.66 bits per heavy atom. The van der Waals surface area contributed by atoms with Gasteiger partial charge in [-0.05, 0) is 55.5 Å². The van der Waals surface area contributed by atoms with Gasteiger partial charge in [-0.25, -0.2) is 9.67 Å². The van der Waals surface area contributed by atoms with Crippen molar-refractivity contribution in [2.24, 2.45) is 0 Å². The fourth-order valence-corrected chi connectivity index (χ4v) is 3.13. The van der Waals surface area contributed by atoms with Crippen LogP contribution in [0.1, 0.15) is 16.2 Å². The first-order valence-electron chi connectivity index (χ1n) is 8.86. The molecule has 144 valence electrons. The first-order valence-corrected chi connectivity index (χ1v) is 9.62. The van der Waals surface area contributed by atoms with E-state index >= 15 is 0 Å². The van der Waals surface area contributed by atoms with E-state index in [4.69, 9.17) is 23.2 Å². The van der Waals surface area contributed by atoms with Crippen LogP contribution in [0.4, 0.5) is 5.69 Å². The van der Waals surface area contributed by atoms with Crippen molar-refractivity contribution in [2.75, 3.05) is 5.32 Å². The molecule has 0 fully saturated rings. The van der Waals surface area contributed by atoms with E-state index in [-0.39, 0.29) is 5.82 Å². The summed E-state index contributed by atoms with van der Waals surface area (Å²) in [6.45, 7) is 2.01. The molecule has 4 rings (SSSR count). The second-order valence-electron chi connectivity index (χ2n) is 6.48. The van der Waals surface area contributed by atoms with Crippen molar-refractivity contribution in [2.45, 2.75) is 6.92 Å². The quantitative estimate of drug-likeness (QED) is 0.451. The number of carbonyl (C=O) groups excluding carboxylic acids is 1. The highest BCUT2D eigenvalue weighted by Crippen LogP contribution is 2.24. The van der Waals surface area contributed by atoms with Crippen molar-refractivity contribution >= 4 is 34.8 Å². The van der Waals surface area contributed by atoms with E-state index < -0.39 is 5.91 Å². The van der Waals surface area contributed by atoms with Crippen LogP contribution in [0.5, 0.6) is 0 Å². The Bertz CT molecular complexity index is 1170. The van der Waals surface area contributed by atoms with Gasteiger partial charge in [0, 0.05) is 21.3 Å². The van der Waals surface area contributed by atoms with Gasteiger partial charge in [-0.15, -0.1) is 5.10 Å². The average Bonchev–Trinajstić information content (AvgIpc) is 3.16. The summed E-state index contributed by atoms with van der Waals surface area (Å²) >= 11 is 12.1. The number of amides is 1. The minimum atomic E-state index is -0.415. The average molecular weight is 423 g/mol. The number of benzene rings is 3. The summed E-state index contributed by atoms with van der Waals surface area (Å²) in [7, 11) is 0. The topological polar surface area (TPSA) is 59.8 Å². The number of halogens is 2. The molecule has 0 bridgehead atoms. The van der Waals surface area contributed by atoms with Crippen molar-refractivity contribution in [1.82, 2.24) is 14.8 Å². The van der Waals surface area contributed by atoms with Gasteiger partial charge in [-0.1, -0.05) is 53.0 Å². The van der Waals surface area contributed by atoms with E-state index in [0.717, 1.165) is 16.8 Å². The molecule has 7 heteroatoms. The number of hydrogen-bond acceptors (Lipinski definition) is 3. The van der Waals surface area contributed by atoms with Gasteiger partial charge in [-0.3, -0.25) is 4.79 Å². The van der Waals surface area contributed by atoms with Gasteiger partial charge in [0.15, 0.2) is 5.82 Å². The molecule has 0 radical (unpaired) electrons. The molecule has 0 aliphatic heterocycles. The molecule has 0 aliphatic carbocycles. The van der Waals surface area contributed by atoms with Crippen LogP contribution < -0.4 is 5.32 Å². The molecular formula is C22H16Cl2N4O. The Balaban J connectivity index is 1.75. The lowest BCUT2D eigenvalue weighted by molar-refractivity contribution is 0.101. The third kappa shape index (κ3) is 4.31. The maximum absolute atomic E-state index is 12.7. The number of rotatable bonds is 4. The Hall–Kier alpha value is -3.15. The highest BCUT2D eigenvalue weighted by atomic mass is 35.5. The number of anilines is 1. The van der Waals surface area contributed by atoms with Crippen LogP contribution in [0, 0.1) is 6.92 Å². The molecule has 3 aromatic carbocycles. The van der Waals surface area contributed by atoms with Crippen LogP contribution in [0.25, 0.3) is 17.1 Å². The van der Waals surface area contributed by atoms with Gasteiger partial charge in [0.25, 0.3) is 5.91 Å². The van der Waals surface area contributed by atoms with Crippen LogP contribution in [-0.2, 0) is 0 Å². The summed E-state index contributed by atoms with van der Waals surface area (Å²) in [4.78, 5) is 17.2. The zero-order valence-corrected chi connectivity index (χ0v) is 16.9. The number of aromatic nitrogens is 3. The van der Waals surface area contributed by atoms with Crippen molar-refractivity contribution in [3.8, 4) is 17.1 Å². The molecule has 5 nitrogen and oxygen atoms in total. The smallest absolute Gasteiger partial charge is 0.295 e. The molecule has 4 aromatic rings. The fourth-order valence-electron chi connectivity index (χ4n) is 2.81. The predicted molar refractivity (Wildman–Crippen MR) is 116 cm³/mol. The Labute approximate surface area is 177 Å². The summed E-state index contributed by atoms with van der Waals surface area (Å²) in [5, 5.41) is 8.41. The summed E-state index contributed by atoms with van der Waals surface area (Å²) in [6.07, 6.45) is 0. The molecule has 1 N–H and O–H groups in total. The van der Waals surface area contributed by atoms with Crippen LogP contribution in [0.2, 0.25) is 10.0 Å². The van der Waals surface area contributed by atoms with Crippen LogP contribution in [0.3, 0.4) is 0 Å². The summed E-state index contributed by atoms with van der Waals surface area (Å²) < 4.78 is 1.64. The first-order chi connectivity index (χ1) is 14.0. The Kier molecular flexibility index (Phi) is 5.34. The highest BCUT2D eigenvalue weighted by Gasteiger charge is 2.19. The van der Waals surface area contributed by atoms with Crippen LogP contribution in [-0.4, -0.2) is 20.7 Å². The molecule has 0 saturated carbocycles. The molecule has 0 atom stereocenters. The molecule has 0 saturated heterocycles. The summed E-state index contributed by atoms with van der Waals surface area (Å²) in [5.74, 6) is 0.162. The molecule has 1 heterocycles. The van der Waals surface area contributed by atoms with Crippen LogP contribution >= 0.6 is 23.2 Å². The van der Waals surface area contributed by atoms with Gasteiger partial charge >= 0.3 is 0 Å². The number of nitrogens with zero attached hydrogens (tertiary/aromatic N) is 3. The number of hydrogen-bond donors (Lipinski definition) is 1. The van der Waals surface area contributed by atoms with Crippen LogP contribution in [0.15, 0.2) is 72.8 Å². The standard InChI is InChI=1S/C22H16Cl2N4O/c1-14-5-11-19(12-6-14)28-21(15-3-2-4-17(24)13-15)26-20(27-28)22(29)25-18-9-7-16(23)8-10-18/h2-13H,1H3,(H,25,29). The zero-order chi connectivity index (χ0) is 20.4. The number of nitrogens with one attached hydrogen (secondary N) is 1. The largest absolute Gasteiger partial charge is 0.319 e. The zero-order valence-electron chi connectivity index (χ0n) is 15.4. The molecule has 0 aliphatic rings. The monoisotopic (exact) mass is 422 g/mol. The van der Waals surface area contributed by atoms with Crippen molar-refractivity contribution in [3.63, 3.8) is 0 Å². The predicted octanol–water partition coefficient (Wildman–Crippen LogP) is 5.80. The lowest BCUT2D eigenvalue weighted by atomic mass is 10.2. The summed E-state index contributed by atoms with van der Waals surface area (Å²) in [6, 6.07) is 21.9. The lowest BCUT2D eigenvalue weighted by Gasteiger charge is -2.06. The molecule has 29 heavy (non-hydrogen) atoms.